The molecule has 1 aliphatic heterocycles. The lowest BCUT2D eigenvalue weighted by molar-refractivity contribution is -0.193. The Balaban J connectivity index is 0.000000384. The minimum atomic E-state index is -5.08. The Kier molecular flexibility index (Phi) is 13.2. The summed E-state index contributed by atoms with van der Waals surface area (Å²) in [5, 5.41) is 17.6. The number of amides is 1. The molecule has 1 aliphatic rings. The largest absolute Gasteiger partial charge is 0.492 e. The lowest BCUT2D eigenvalue weighted by Gasteiger charge is -2.15. The van der Waals surface area contributed by atoms with Crippen LogP contribution in [0.5, 0.6) is 5.75 Å². The van der Waals surface area contributed by atoms with Crippen molar-refractivity contribution >= 4 is 44.9 Å². The number of aromatic nitrogens is 3. The van der Waals surface area contributed by atoms with E-state index in [2.05, 4.69) is 36.2 Å². The maximum absolute atomic E-state index is 11.5. The molecule has 0 atom stereocenters. The highest BCUT2D eigenvalue weighted by Crippen LogP contribution is 2.23. The van der Waals surface area contributed by atoms with Gasteiger partial charge < -0.3 is 30.2 Å². The number of rotatable bonds is 9. The Morgan fingerprint density at radius 1 is 1.05 bits per heavy atom. The lowest BCUT2D eigenvalue weighted by atomic mass is 10.2. The number of nitrogens with zero attached hydrogens (tertiary/aromatic N) is 3. The number of fused-ring (bicyclic) bond motifs is 1. The zero-order chi connectivity index (χ0) is 32.2. The van der Waals surface area contributed by atoms with Gasteiger partial charge in [0, 0.05) is 42.3 Å². The average molecular weight is 686 g/mol. The number of aliphatic carboxylic acids is 2. The third kappa shape index (κ3) is 12.5. The summed E-state index contributed by atoms with van der Waals surface area (Å²) in [6, 6.07) is 9.82. The molecule has 3 heterocycles. The molecular formula is C25H26BrF6N5O6. The van der Waals surface area contributed by atoms with Gasteiger partial charge in [-0.15, -0.1) is 0 Å². The van der Waals surface area contributed by atoms with Crippen LogP contribution in [0.2, 0.25) is 0 Å². The van der Waals surface area contributed by atoms with Crippen molar-refractivity contribution < 1.29 is 55.7 Å². The molecule has 43 heavy (non-hydrogen) atoms. The molecule has 4 rings (SSSR count). The first-order chi connectivity index (χ1) is 20.1. The SMILES string of the molecule is O=C(O)C(F)(F)F.O=C(O)C(F)(F)F.O=C1CCCN1CCCNCCOc1ccc(-c2nc3cc(Br)cnc3[nH]2)cc1. The maximum Gasteiger partial charge on any atom is 0.490 e. The van der Waals surface area contributed by atoms with E-state index in [1.54, 1.807) is 6.20 Å². The van der Waals surface area contributed by atoms with Crippen LogP contribution in [-0.2, 0) is 14.4 Å². The van der Waals surface area contributed by atoms with Crippen LogP contribution in [0.15, 0.2) is 41.0 Å². The Morgan fingerprint density at radius 3 is 2.19 bits per heavy atom. The molecule has 2 aromatic heterocycles. The van der Waals surface area contributed by atoms with Crippen molar-refractivity contribution in [1.82, 2.24) is 25.2 Å². The monoisotopic (exact) mass is 685 g/mol. The number of hydrogen-bond donors (Lipinski definition) is 4. The number of halogens is 7. The molecule has 4 N–H and O–H groups in total. The number of aromatic amines is 1. The summed E-state index contributed by atoms with van der Waals surface area (Å²) in [6.45, 7) is 4.04. The fourth-order valence-corrected chi connectivity index (χ4v) is 3.74. The predicted molar refractivity (Wildman–Crippen MR) is 143 cm³/mol. The molecule has 0 spiro atoms. The van der Waals surface area contributed by atoms with E-state index in [0.717, 1.165) is 71.8 Å². The molecule has 0 aliphatic carbocycles. The number of pyridine rings is 1. The number of carboxylic acids is 2. The third-order valence-corrected chi connectivity index (χ3v) is 5.85. The number of carbonyl (C=O) groups is 3. The minimum absolute atomic E-state index is 0.295. The van der Waals surface area contributed by atoms with Crippen molar-refractivity contribution in [2.45, 2.75) is 31.6 Å². The quantitative estimate of drug-likeness (QED) is 0.186. The molecule has 236 valence electrons. The fraction of sp³-hybridized carbons (Fsp3) is 0.400. The zero-order valence-electron chi connectivity index (χ0n) is 22.1. The van der Waals surface area contributed by atoms with E-state index in [9.17, 15) is 31.1 Å². The highest BCUT2D eigenvalue weighted by molar-refractivity contribution is 9.10. The Hall–Kier alpha value is -3.93. The molecule has 1 aromatic carbocycles. The Bertz CT molecular complexity index is 1340. The van der Waals surface area contributed by atoms with Gasteiger partial charge in [-0.2, -0.15) is 26.3 Å². The van der Waals surface area contributed by atoms with E-state index in [-0.39, 0.29) is 0 Å². The Morgan fingerprint density at radius 2 is 1.65 bits per heavy atom. The molecule has 11 nitrogen and oxygen atoms in total. The van der Waals surface area contributed by atoms with E-state index in [0.29, 0.717) is 18.9 Å². The van der Waals surface area contributed by atoms with E-state index < -0.39 is 24.3 Å². The molecule has 1 amide bonds. The second-order valence-electron chi connectivity index (χ2n) is 8.67. The first-order valence-electron chi connectivity index (χ1n) is 12.4. The number of alkyl halides is 6. The summed E-state index contributed by atoms with van der Waals surface area (Å²) in [5.74, 6) is -3.60. The summed E-state index contributed by atoms with van der Waals surface area (Å²) in [7, 11) is 0. The highest BCUT2D eigenvalue weighted by Gasteiger charge is 2.38. The number of carboxylic acid groups (broad SMARTS) is 2. The van der Waals surface area contributed by atoms with Crippen molar-refractivity contribution in [2.24, 2.45) is 0 Å². The van der Waals surface area contributed by atoms with Crippen LogP contribution in [0.4, 0.5) is 26.3 Å². The molecule has 0 unspecified atom stereocenters. The van der Waals surface area contributed by atoms with Crippen LogP contribution in [0, 0.1) is 0 Å². The molecule has 1 fully saturated rings. The number of benzene rings is 1. The van der Waals surface area contributed by atoms with Gasteiger partial charge in [0.15, 0.2) is 5.65 Å². The summed E-state index contributed by atoms with van der Waals surface area (Å²) in [4.78, 5) is 43.4. The molecule has 3 aromatic rings. The van der Waals surface area contributed by atoms with Gasteiger partial charge in [-0.3, -0.25) is 4.79 Å². The Labute approximate surface area is 248 Å². The van der Waals surface area contributed by atoms with E-state index in [1.807, 2.05) is 35.2 Å². The molecule has 0 bridgehead atoms. The van der Waals surface area contributed by atoms with Crippen molar-refractivity contribution in [1.29, 1.82) is 0 Å². The number of ether oxygens (including phenoxy) is 1. The lowest BCUT2D eigenvalue weighted by Crippen LogP contribution is -2.29. The van der Waals surface area contributed by atoms with E-state index >= 15 is 0 Å². The van der Waals surface area contributed by atoms with Crippen LogP contribution in [0.1, 0.15) is 19.3 Å². The van der Waals surface area contributed by atoms with Gasteiger partial charge in [-0.1, -0.05) is 0 Å². The smallest absolute Gasteiger partial charge is 0.490 e. The predicted octanol–water partition coefficient (Wildman–Crippen LogP) is 4.63. The molecule has 18 heteroatoms. The molecule has 0 saturated carbocycles. The number of hydrogen-bond acceptors (Lipinski definition) is 7. The molecular weight excluding hydrogens is 660 g/mol. The number of nitrogens with one attached hydrogen (secondary N) is 2. The van der Waals surface area contributed by atoms with Gasteiger partial charge in [0.05, 0.1) is 0 Å². The van der Waals surface area contributed by atoms with Gasteiger partial charge in [-0.25, -0.2) is 19.6 Å². The third-order valence-electron chi connectivity index (χ3n) is 5.42. The van der Waals surface area contributed by atoms with E-state index in [1.165, 1.54) is 0 Å². The summed E-state index contributed by atoms with van der Waals surface area (Å²) in [5.41, 5.74) is 2.58. The first kappa shape index (κ1) is 35.3. The van der Waals surface area contributed by atoms with Crippen LogP contribution < -0.4 is 10.1 Å². The van der Waals surface area contributed by atoms with E-state index in [4.69, 9.17) is 24.5 Å². The fourth-order valence-electron chi connectivity index (χ4n) is 3.42. The second kappa shape index (κ2) is 16.1. The number of H-pyrrole nitrogens is 1. The van der Waals surface area contributed by atoms with Crippen LogP contribution in [-0.4, -0.2) is 93.0 Å². The van der Waals surface area contributed by atoms with Crippen molar-refractivity contribution in [2.75, 3.05) is 32.8 Å². The molecule has 0 radical (unpaired) electrons. The van der Waals surface area contributed by atoms with Gasteiger partial charge in [-0.05, 0) is 65.6 Å². The number of carbonyl (C=O) groups excluding carboxylic acids is 1. The maximum atomic E-state index is 11.5. The van der Waals surface area contributed by atoms with Crippen molar-refractivity contribution in [3.05, 3.63) is 41.0 Å². The highest BCUT2D eigenvalue weighted by atomic mass is 79.9. The van der Waals surface area contributed by atoms with Crippen molar-refractivity contribution in [3.8, 4) is 17.1 Å². The van der Waals surface area contributed by atoms with Gasteiger partial charge in [0.2, 0.25) is 5.91 Å². The van der Waals surface area contributed by atoms with Crippen LogP contribution >= 0.6 is 15.9 Å². The van der Waals surface area contributed by atoms with Crippen LogP contribution in [0.25, 0.3) is 22.6 Å². The number of likely N-dealkylation sites (tertiary alicyclic amines) is 1. The summed E-state index contributed by atoms with van der Waals surface area (Å²) in [6.07, 6.45) is -5.72. The van der Waals surface area contributed by atoms with Gasteiger partial charge in [0.1, 0.15) is 23.7 Å². The summed E-state index contributed by atoms with van der Waals surface area (Å²) < 4.78 is 70.2. The van der Waals surface area contributed by atoms with Gasteiger partial charge in [0.25, 0.3) is 0 Å². The summed E-state index contributed by atoms with van der Waals surface area (Å²) >= 11 is 3.42. The van der Waals surface area contributed by atoms with Crippen LogP contribution in [0.3, 0.4) is 0 Å². The molecule has 1 saturated heterocycles. The average Bonchev–Trinajstić information content (AvgIpc) is 3.53. The van der Waals surface area contributed by atoms with Gasteiger partial charge >= 0.3 is 24.3 Å². The normalized spacial score (nSPS) is 13.2. The topological polar surface area (TPSA) is 158 Å². The zero-order valence-corrected chi connectivity index (χ0v) is 23.7. The second-order valence-corrected chi connectivity index (χ2v) is 9.59. The minimum Gasteiger partial charge on any atom is -0.492 e. The standard InChI is InChI=1S/C21H24BrN5O2.2C2HF3O2/c22-16-13-18-21(24-14-16)26-20(25-18)15-4-6-17(7-5-15)29-12-9-23-8-2-11-27-10-1-3-19(27)28;2*3-2(4,5)1(6)7/h4-7,13-14,23H,1-3,8-12H2,(H,24,25,26);2*(H,6,7). The number of imidazole rings is 1. The van der Waals surface area contributed by atoms with Crippen molar-refractivity contribution in [3.63, 3.8) is 0 Å². The first-order valence-corrected chi connectivity index (χ1v) is 13.2.